The number of nitrogens with zero attached hydrogens (tertiary/aromatic N) is 3. The van der Waals surface area contributed by atoms with E-state index < -0.39 is 0 Å². The lowest BCUT2D eigenvalue weighted by Gasteiger charge is -2.09. The number of carbonyl (C=O) groups is 1. The van der Waals surface area contributed by atoms with Gasteiger partial charge < -0.3 is 9.73 Å². The molecule has 0 bridgehead atoms. The summed E-state index contributed by atoms with van der Waals surface area (Å²) in [6.45, 7) is 4.78. The molecule has 1 amide bonds. The Morgan fingerprint density at radius 2 is 1.93 bits per heavy atom. The number of carbonyl (C=O) groups excluding carboxylic acids is 1. The largest absolute Gasteiger partial charge is 0.463 e. The summed E-state index contributed by atoms with van der Waals surface area (Å²) in [5.74, 6) is 0.668. The highest BCUT2D eigenvalue weighted by Gasteiger charge is 2.14. The summed E-state index contributed by atoms with van der Waals surface area (Å²) >= 11 is 0. The molecule has 0 saturated carbocycles. The van der Waals surface area contributed by atoms with Crippen molar-refractivity contribution in [3.8, 4) is 0 Å². The van der Waals surface area contributed by atoms with E-state index in [1.54, 1.807) is 16.7 Å². The lowest BCUT2D eigenvalue weighted by atomic mass is 10.1. The van der Waals surface area contributed by atoms with E-state index in [0.29, 0.717) is 42.9 Å². The number of aryl methyl sites for hydroxylation is 3. The lowest BCUT2D eigenvalue weighted by Crippen LogP contribution is -2.27. The van der Waals surface area contributed by atoms with Gasteiger partial charge in [-0.3, -0.25) is 14.0 Å². The predicted octanol–water partition coefficient (Wildman–Crippen LogP) is 2.96. The van der Waals surface area contributed by atoms with Gasteiger partial charge in [-0.1, -0.05) is 29.8 Å². The molecule has 1 aromatic carbocycles. The van der Waals surface area contributed by atoms with Crippen molar-refractivity contribution in [3.05, 3.63) is 70.0 Å². The van der Waals surface area contributed by atoms with Crippen LogP contribution in [0.4, 0.5) is 0 Å². The third-order valence-corrected chi connectivity index (χ3v) is 4.85. The molecule has 1 N–H and O–H groups in total. The van der Waals surface area contributed by atoms with Crippen LogP contribution in [0.3, 0.4) is 0 Å². The SMILES string of the molecule is Cc1ccc(CNC(=O)CCCn2nc(C)n3c(cc4occc43)c2=O)cc1. The first-order chi connectivity index (χ1) is 13.5. The molecule has 0 atom stereocenters. The topological polar surface area (TPSA) is 81.5 Å². The van der Waals surface area contributed by atoms with Crippen LogP contribution in [-0.4, -0.2) is 20.1 Å². The van der Waals surface area contributed by atoms with Gasteiger partial charge >= 0.3 is 0 Å². The van der Waals surface area contributed by atoms with Crippen LogP contribution in [0.15, 0.2) is 51.9 Å². The van der Waals surface area contributed by atoms with E-state index in [2.05, 4.69) is 10.4 Å². The van der Waals surface area contributed by atoms with Crippen molar-refractivity contribution in [1.29, 1.82) is 0 Å². The fourth-order valence-corrected chi connectivity index (χ4v) is 3.36. The van der Waals surface area contributed by atoms with Crippen molar-refractivity contribution in [2.24, 2.45) is 0 Å². The second-order valence-corrected chi connectivity index (χ2v) is 6.98. The molecule has 0 aliphatic heterocycles. The van der Waals surface area contributed by atoms with Crippen LogP contribution in [0.5, 0.6) is 0 Å². The summed E-state index contributed by atoms with van der Waals surface area (Å²) in [6, 6.07) is 11.6. The van der Waals surface area contributed by atoms with Gasteiger partial charge in [-0.2, -0.15) is 5.10 Å². The highest BCUT2D eigenvalue weighted by Crippen LogP contribution is 2.19. The third kappa shape index (κ3) is 3.43. The molecule has 0 unspecified atom stereocenters. The molecule has 0 aliphatic rings. The van der Waals surface area contributed by atoms with Crippen LogP contribution in [0.25, 0.3) is 16.6 Å². The zero-order valence-electron chi connectivity index (χ0n) is 15.9. The molecule has 0 aliphatic carbocycles. The van der Waals surface area contributed by atoms with E-state index in [9.17, 15) is 9.59 Å². The molecular weight excluding hydrogens is 356 g/mol. The van der Waals surface area contributed by atoms with Gasteiger partial charge in [0.2, 0.25) is 5.91 Å². The van der Waals surface area contributed by atoms with Crippen molar-refractivity contribution < 1.29 is 9.21 Å². The van der Waals surface area contributed by atoms with Crippen molar-refractivity contribution in [2.45, 2.75) is 39.8 Å². The number of aromatic nitrogens is 3. The van der Waals surface area contributed by atoms with Gasteiger partial charge in [0.25, 0.3) is 5.56 Å². The quantitative estimate of drug-likeness (QED) is 0.559. The first-order valence-electron chi connectivity index (χ1n) is 9.31. The summed E-state index contributed by atoms with van der Waals surface area (Å²) in [5, 5.41) is 7.31. The Morgan fingerprint density at radius 1 is 1.14 bits per heavy atom. The fraction of sp³-hybridized carbons (Fsp3) is 0.286. The van der Waals surface area contributed by atoms with Crippen molar-refractivity contribution in [2.75, 3.05) is 0 Å². The van der Waals surface area contributed by atoms with Gasteiger partial charge in [0.15, 0.2) is 5.58 Å². The maximum absolute atomic E-state index is 12.7. The number of rotatable bonds is 6. The first kappa shape index (κ1) is 18.0. The summed E-state index contributed by atoms with van der Waals surface area (Å²) in [4.78, 5) is 24.8. The van der Waals surface area contributed by atoms with Crippen molar-refractivity contribution in [1.82, 2.24) is 19.5 Å². The number of nitrogens with one attached hydrogen (secondary N) is 1. The van der Waals surface area contributed by atoms with Gasteiger partial charge in [0.1, 0.15) is 11.3 Å². The van der Waals surface area contributed by atoms with Crippen LogP contribution in [0.2, 0.25) is 0 Å². The Morgan fingerprint density at radius 3 is 2.71 bits per heavy atom. The van der Waals surface area contributed by atoms with Crippen molar-refractivity contribution >= 4 is 22.5 Å². The lowest BCUT2D eigenvalue weighted by molar-refractivity contribution is -0.121. The Labute approximate surface area is 161 Å². The minimum absolute atomic E-state index is 0.0355. The van der Waals surface area contributed by atoms with Gasteiger partial charge in [-0.25, -0.2) is 4.68 Å². The average Bonchev–Trinajstić information content (AvgIpc) is 3.26. The molecule has 7 nitrogen and oxygen atoms in total. The molecule has 0 spiro atoms. The second kappa shape index (κ2) is 7.34. The van der Waals surface area contributed by atoms with E-state index in [-0.39, 0.29) is 11.5 Å². The molecule has 0 radical (unpaired) electrons. The Hall–Kier alpha value is -3.35. The van der Waals surface area contributed by atoms with Crippen LogP contribution < -0.4 is 10.9 Å². The first-order valence-corrected chi connectivity index (χ1v) is 9.31. The molecule has 7 heteroatoms. The zero-order valence-corrected chi connectivity index (χ0v) is 15.9. The normalized spacial score (nSPS) is 11.4. The molecule has 144 valence electrons. The molecular formula is C21H22N4O3. The number of benzene rings is 1. The minimum Gasteiger partial charge on any atom is -0.463 e. The van der Waals surface area contributed by atoms with Gasteiger partial charge in [-0.05, 0) is 25.8 Å². The number of hydrogen-bond acceptors (Lipinski definition) is 4. The fourth-order valence-electron chi connectivity index (χ4n) is 3.36. The average molecular weight is 378 g/mol. The molecule has 3 aromatic heterocycles. The van der Waals surface area contributed by atoms with Gasteiger partial charge in [0.05, 0.1) is 11.8 Å². The summed E-state index contributed by atoms with van der Waals surface area (Å²) in [5.41, 5.74) is 4.10. The van der Waals surface area contributed by atoms with Crippen molar-refractivity contribution in [3.63, 3.8) is 0 Å². The number of furan rings is 1. The summed E-state index contributed by atoms with van der Waals surface area (Å²) in [6.07, 6.45) is 2.48. The number of amides is 1. The van der Waals surface area contributed by atoms with Gasteiger partial charge in [0, 0.05) is 31.6 Å². The standard InChI is InChI=1S/C21H22N4O3/c1-14-5-7-16(8-6-14)13-22-20(26)4-3-10-24-21(27)18-12-19-17(9-11-28-19)25(18)15(2)23-24/h5-9,11-12H,3-4,10,13H2,1-2H3,(H,22,26). The Balaban J connectivity index is 1.38. The summed E-state index contributed by atoms with van der Waals surface area (Å²) in [7, 11) is 0. The van der Waals surface area contributed by atoms with Crippen LogP contribution in [-0.2, 0) is 17.9 Å². The number of hydrogen-bond donors (Lipinski definition) is 1. The molecule has 28 heavy (non-hydrogen) atoms. The van der Waals surface area contributed by atoms with E-state index in [4.69, 9.17) is 4.42 Å². The smallest absolute Gasteiger partial charge is 0.291 e. The molecule has 4 rings (SSSR count). The molecule has 3 heterocycles. The highest BCUT2D eigenvalue weighted by molar-refractivity contribution is 5.82. The van der Waals surface area contributed by atoms with E-state index >= 15 is 0 Å². The van der Waals surface area contributed by atoms with E-state index in [1.807, 2.05) is 44.2 Å². The monoisotopic (exact) mass is 378 g/mol. The van der Waals surface area contributed by atoms with Gasteiger partial charge in [-0.15, -0.1) is 0 Å². The summed E-state index contributed by atoms with van der Waals surface area (Å²) < 4.78 is 8.61. The van der Waals surface area contributed by atoms with Crippen LogP contribution in [0, 0.1) is 13.8 Å². The molecule has 0 saturated heterocycles. The highest BCUT2D eigenvalue weighted by atomic mass is 16.3. The van der Waals surface area contributed by atoms with E-state index in [0.717, 1.165) is 11.1 Å². The predicted molar refractivity (Wildman–Crippen MR) is 106 cm³/mol. The second-order valence-electron chi connectivity index (χ2n) is 6.98. The van der Waals surface area contributed by atoms with E-state index in [1.165, 1.54) is 10.2 Å². The maximum Gasteiger partial charge on any atom is 0.291 e. The van der Waals surface area contributed by atoms with Crippen LogP contribution >= 0.6 is 0 Å². The zero-order chi connectivity index (χ0) is 19.7. The minimum atomic E-state index is -0.183. The van der Waals surface area contributed by atoms with Crippen LogP contribution in [0.1, 0.15) is 29.8 Å². The Bertz CT molecular complexity index is 1200. The number of fused-ring (bicyclic) bond motifs is 3. The molecule has 4 aromatic rings. The Kier molecular flexibility index (Phi) is 4.73. The third-order valence-electron chi connectivity index (χ3n) is 4.85. The maximum atomic E-state index is 12.7. The molecule has 0 fully saturated rings.